The van der Waals surface area contributed by atoms with Crippen molar-refractivity contribution in [3.8, 4) is 0 Å². The van der Waals surface area contributed by atoms with Crippen LogP contribution < -0.4 is 0 Å². The summed E-state index contributed by atoms with van der Waals surface area (Å²) in [5, 5.41) is 8.68. The van der Waals surface area contributed by atoms with E-state index < -0.39 is 0 Å². The van der Waals surface area contributed by atoms with E-state index in [0.717, 1.165) is 32.1 Å². The van der Waals surface area contributed by atoms with Gasteiger partial charge in [-0.3, -0.25) is 4.79 Å². The molecule has 0 amide bonds. The average Bonchev–Trinajstić information content (AvgIpc) is 2.49. The molecule has 0 unspecified atom stereocenters. The highest BCUT2D eigenvalue weighted by Crippen LogP contribution is 2.15. The summed E-state index contributed by atoms with van der Waals surface area (Å²) in [6, 6.07) is 0. The van der Waals surface area contributed by atoms with E-state index in [2.05, 4.69) is 13.8 Å². The first-order valence-corrected chi connectivity index (χ1v) is 9.19. The zero-order valence-electron chi connectivity index (χ0n) is 14.2. The van der Waals surface area contributed by atoms with Gasteiger partial charge in [-0.05, 0) is 25.7 Å². The lowest BCUT2D eigenvalue weighted by Gasteiger charge is -2.10. The van der Waals surface area contributed by atoms with Crippen molar-refractivity contribution >= 4 is 5.78 Å². The molecule has 21 heavy (non-hydrogen) atoms. The standard InChI is InChI=1S/C19H37O2/c1-3-18(4-2)19(21)16-14-12-10-8-6-5-7-9-11-13-15-17-20/h18,20H,1,3-17H2,2H3/t18-/m1/s1. The summed E-state index contributed by atoms with van der Waals surface area (Å²) in [5.41, 5.74) is 0. The van der Waals surface area contributed by atoms with Gasteiger partial charge in [0, 0.05) is 18.9 Å². The molecular weight excluding hydrogens is 260 g/mol. The highest BCUT2D eigenvalue weighted by atomic mass is 16.2. The van der Waals surface area contributed by atoms with Crippen molar-refractivity contribution in [1.82, 2.24) is 0 Å². The summed E-state index contributed by atoms with van der Waals surface area (Å²) < 4.78 is 0. The minimum absolute atomic E-state index is 0.204. The van der Waals surface area contributed by atoms with Crippen LogP contribution >= 0.6 is 0 Å². The number of hydrogen-bond acceptors (Lipinski definition) is 2. The van der Waals surface area contributed by atoms with E-state index in [0.29, 0.717) is 12.4 Å². The van der Waals surface area contributed by atoms with Gasteiger partial charge in [-0.25, -0.2) is 0 Å². The fourth-order valence-corrected chi connectivity index (χ4v) is 2.80. The molecule has 0 heterocycles. The predicted octanol–water partition coefficient (Wildman–Crippen LogP) is 5.48. The number of carbonyl (C=O) groups is 1. The minimum atomic E-state index is 0.204. The van der Waals surface area contributed by atoms with Gasteiger partial charge in [-0.2, -0.15) is 0 Å². The summed E-state index contributed by atoms with van der Waals surface area (Å²) in [6.45, 7) is 6.28. The molecule has 0 aliphatic heterocycles. The number of ketones is 1. The highest BCUT2D eigenvalue weighted by Gasteiger charge is 2.12. The molecule has 0 aliphatic rings. The molecule has 0 rings (SSSR count). The third kappa shape index (κ3) is 13.0. The molecule has 0 aliphatic carbocycles. The Kier molecular flexibility index (Phi) is 15.7. The van der Waals surface area contributed by atoms with Crippen molar-refractivity contribution in [2.45, 2.75) is 96.8 Å². The Hall–Kier alpha value is -0.370. The second kappa shape index (κ2) is 16.0. The molecule has 1 N–H and O–H groups in total. The van der Waals surface area contributed by atoms with Gasteiger partial charge in [-0.1, -0.05) is 71.6 Å². The van der Waals surface area contributed by atoms with Gasteiger partial charge in [0.15, 0.2) is 0 Å². The number of carbonyl (C=O) groups excluding carboxylic acids is 1. The fourth-order valence-electron chi connectivity index (χ4n) is 2.80. The maximum absolute atomic E-state index is 11.8. The van der Waals surface area contributed by atoms with E-state index in [-0.39, 0.29) is 5.92 Å². The molecule has 0 fully saturated rings. The second-order valence-corrected chi connectivity index (χ2v) is 6.22. The lowest BCUT2D eigenvalue weighted by molar-refractivity contribution is -0.123. The number of unbranched alkanes of at least 4 members (excludes halogenated alkanes) is 10. The van der Waals surface area contributed by atoms with E-state index in [1.165, 1.54) is 57.8 Å². The smallest absolute Gasteiger partial charge is 0.135 e. The van der Waals surface area contributed by atoms with Gasteiger partial charge in [-0.15, -0.1) is 0 Å². The molecule has 2 heteroatoms. The largest absolute Gasteiger partial charge is 0.396 e. The average molecular weight is 298 g/mol. The molecule has 0 saturated heterocycles. The van der Waals surface area contributed by atoms with Crippen LogP contribution in [0.1, 0.15) is 96.8 Å². The topological polar surface area (TPSA) is 37.3 Å². The monoisotopic (exact) mass is 297 g/mol. The van der Waals surface area contributed by atoms with Gasteiger partial charge in [0.1, 0.15) is 5.78 Å². The van der Waals surface area contributed by atoms with Crippen LogP contribution in [0.4, 0.5) is 0 Å². The molecule has 0 bridgehead atoms. The molecule has 1 radical (unpaired) electrons. The number of rotatable bonds is 16. The van der Waals surface area contributed by atoms with Crippen molar-refractivity contribution in [2.24, 2.45) is 5.92 Å². The Bertz CT molecular complexity index is 222. The van der Waals surface area contributed by atoms with E-state index in [9.17, 15) is 4.79 Å². The first-order valence-electron chi connectivity index (χ1n) is 9.19. The van der Waals surface area contributed by atoms with Crippen molar-refractivity contribution in [3.63, 3.8) is 0 Å². The van der Waals surface area contributed by atoms with E-state index in [1.54, 1.807) is 0 Å². The van der Waals surface area contributed by atoms with Crippen LogP contribution in [0.25, 0.3) is 0 Å². The normalized spacial score (nSPS) is 11.2. The maximum atomic E-state index is 11.8. The van der Waals surface area contributed by atoms with Gasteiger partial charge in [0.2, 0.25) is 0 Å². The Balaban J connectivity index is 3.20. The molecule has 0 aromatic rings. The predicted molar refractivity (Wildman–Crippen MR) is 91.3 cm³/mol. The summed E-state index contributed by atoms with van der Waals surface area (Å²) in [6.07, 6.45) is 16.1. The van der Waals surface area contributed by atoms with Gasteiger partial charge < -0.3 is 5.11 Å². The third-order valence-corrected chi connectivity index (χ3v) is 4.38. The molecule has 0 spiro atoms. The fraction of sp³-hybridized carbons (Fsp3) is 0.895. The molecule has 125 valence electrons. The summed E-state index contributed by atoms with van der Waals surface area (Å²) in [5.74, 6) is 0.631. The third-order valence-electron chi connectivity index (χ3n) is 4.38. The molecule has 0 aromatic carbocycles. The van der Waals surface area contributed by atoms with Crippen LogP contribution in [0.5, 0.6) is 0 Å². The van der Waals surface area contributed by atoms with Crippen molar-refractivity contribution in [1.29, 1.82) is 0 Å². The summed E-state index contributed by atoms with van der Waals surface area (Å²) in [4.78, 5) is 11.8. The van der Waals surface area contributed by atoms with Crippen molar-refractivity contribution in [2.75, 3.05) is 6.61 Å². The van der Waals surface area contributed by atoms with E-state index in [4.69, 9.17) is 5.11 Å². The second-order valence-electron chi connectivity index (χ2n) is 6.22. The quantitative estimate of drug-likeness (QED) is 0.383. The highest BCUT2D eigenvalue weighted by molar-refractivity contribution is 5.80. The number of aliphatic hydroxyl groups is 1. The van der Waals surface area contributed by atoms with Crippen molar-refractivity contribution in [3.05, 3.63) is 6.92 Å². The Morgan fingerprint density at radius 2 is 1.29 bits per heavy atom. The van der Waals surface area contributed by atoms with Crippen LogP contribution in [0.2, 0.25) is 0 Å². The summed E-state index contributed by atoms with van der Waals surface area (Å²) >= 11 is 0. The first kappa shape index (κ1) is 20.6. The zero-order chi connectivity index (χ0) is 15.8. The van der Waals surface area contributed by atoms with E-state index in [1.807, 2.05) is 0 Å². The minimum Gasteiger partial charge on any atom is -0.396 e. The van der Waals surface area contributed by atoms with Gasteiger partial charge in [0.25, 0.3) is 0 Å². The number of hydrogen-bond donors (Lipinski definition) is 1. The molecular formula is C19H37O2. The summed E-state index contributed by atoms with van der Waals surface area (Å²) in [7, 11) is 0. The Morgan fingerprint density at radius 1 is 0.857 bits per heavy atom. The first-order chi connectivity index (χ1) is 10.3. The lowest BCUT2D eigenvalue weighted by Crippen LogP contribution is -2.12. The van der Waals surface area contributed by atoms with Crippen LogP contribution in [0.15, 0.2) is 0 Å². The number of aliphatic hydroxyl groups excluding tert-OH is 1. The molecule has 0 aromatic heterocycles. The Labute approximate surface area is 132 Å². The van der Waals surface area contributed by atoms with Crippen LogP contribution in [-0.4, -0.2) is 17.5 Å². The SMILES string of the molecule is [CH2]C[C@H](CC)C(=O)CCCCCCCCCCCCCO. The van der Waals surface area contributed by atoms with Crippen LogP contribution in [0, 0.1) is 12.8 Å². The number of Topliss-reactive ketones (excluding diaryl/α,β-unsaturated/α-hetero) is 1. The Morgan fingerprint density at radius 3 is 1.67 bits per heavy atom. The maximum Gasteiger partial charge on any atom is 0.135 e. The van der Waals surface area contributed by atoms with E-state index >= 15 is 0 Å². The lowest BCUT2D eigenvalue weighted by atomic mass is 9.94. The van der Waals surface area contributed by atoms with Crippen LogP contribution in [-0.2, 0) is 4.79 Å². The van der Waals surface area contributed by atoms with Gasteiger partial charge >= 0.3 is 0 Å². The molecule has 0 saturated carbocycles. The zero-order valence-corrected chi connectivity index (χ0v) is 14.2. The molecule has 1 atom stereocenters. The van der Waals surface area contributed by atoms with Crippen LogP contribution in [0.3, 0.4) is 0 Å². The molecule has 2 nitrogen and oxygen atoms in total. The van der Waals surface area contributed by atoms with Crippen molar-refractivity contribution < 1.29 is 9.90 Å². The van der Waals surface area contributed by atoms with Gasteiger partial charge in [0.05, 0.1) is 0 Å².